The maximum absolute atomic E-state index is 6.32. The third kappa shape index (κ3) is 1.36. The fourth-order valence-electron chi connectivity index (χ4n) is 3.07. The first-order chi connectivity index (χ1) is 7.68. The molecule has 0 bridgehead atoms. The second-order valence-corrected chi connectivity index (χ2v) is 5.34. The second-order valence-electron chi connectivity index (χ2n) is 4.93. The number of hydrogen-bond acceptors (Lipinski definition) is 2. The number of anilines is 1. The number of halogens is 1. The Balaban J connectivity index is 2.26. The Morgan fingerprint density at radius 3 is 3.12 bits per heavy atom. The molecule has 1 aromatic carbocycles. The fraction of sp³-hybridized carbons (Fsp3) is 0.538. The Kier molecular flexibility index (Phi) is 2.37. The van der Waals surface area contributed by atoms with E-state index in [-0.39, 0.29) is 0 Å². The van der Waals surface area contributed by atoms with Crippen molar-refractivity contribution in [1.82, 2.24) is 5.32 Å². The van der Waals surface area contributed by atoms with Gasteiger partial charge in [0.2, 0.25) is 0 Å². The van der Waals surface area contributed by atoms with Crippen LogP contribution >= 0.6 is 11.6 Å². The van der Waals surface area contributed by atoms with Crippen molar-refractivity contribution in [3.05, 3.63) is 27.8 Å². The summed E-state index contributed by atoms with van der Waals surface area (Å²) in [5.74, 6) is 0.616. The average Bonchev–Trinajstić information content (AvgIpc) is 2.45. The van der Waals surface area contributed by atoms with Crippen molar-refractivity contribution < 1.29 is 0 Å². The molecule has 3 rings (SSSR count). The van der Waals surface area contributed by atoms with Gasteiger partial charge in [0.1, 0.15) is 0 Å². The Hall–Kier alpha value is -0.730. The van der Waals surface area contributed by atoms with Gasteiger partial charge in [-0.15, -0.1) is 0 Å². The van der Waals surface area contributed by atoms with Crippen LogP contribution in [0.25, 0.3) is 0 Å². The van der Waals surface area contributed by atoms with Crippen molar-refractivity contribution in [2.45, 2.75) is 26.3 Å². The van der Waals surface area contributed by atoms with Crippen LogP contribution in [0.5, 0.6) is 0 Å². The average molecular weight is 237 g/mol. The van der Waals surface area contributed by atoms with Gasteiger partial charge in [-0.05, 0) is 29.7 Å². The quantitative estimate of drug-likeness (QED) is 0.745. The molecule has 2 aliphatic heterocycles. The summed E-state index contributed by atoms with van der Waals surface area (Å²) in [4.78, 5) is 2.51. The number of rotatable bonds is 0. The van der Waals surface area contributed by atoms with Crippen LogP contribution < -0.4 is 10.2 Å². The van der Waals surface area contributed by atoms with Crippen LogP contribution in [-0.4, -0.2) is 19.6 Å². The zero-order valence-corrected chi connectivity index (χ0v) is 10.6. The van der Waals surface area contributed by atoms with Gasteiger partial charge in [-0.3, -0.25) is 0 Å². The molecule has 0 amide bonds. The van der Waals surface area contributed by atoms with Crippen molar-refractivity contribution in [3.8, 4) is 0 Å². The summed E-state index contributed by atoms with van der Waals surface area (Å²) in [7, 11) is 0. The summed E-state index contributed by atoms with van der Waals surface area (Å²) >= 11 is 6.32. The van der Waals surface area contributed by atoms with E-state index < -0.39 is 0 Å². The zero-order chi connectivity index (χ0) is 11.3. The second kappa shape index (κ2) is 3.64. The van der Waals surface area contributed by atoms with Gasteiger partial charge in [0.25, 0.3) is 0 Å². The molecule has 0 spiro atoms. The molecule has 16 heavy (non-hydrogen) atoms. The van der Waals surface area contributed by atoms with Crippen LogP contribution in [-0.2, 0) is 6.54 Å². The number of hydrogen-bond donors (Lipinski definition) is 1. The van der Waals surface area contributed by atoms with E-state index in [1.54, 1.807) is 0 Å². The van der Waals surface area contributed by atoms with E-state index in [0.717, 1.165) is 31.2 Å². The van der Waals surface area contributed by atoms with Crippen LogP contribution in [0.15, 0.2) is 6.07 Å². The van der Waals surface area contributed by atoms with Crippen molar-refractivity contribution in [2.75, 3.05) is 24.5 Å². The van der Waals surface area contributed by atoms with Gasteiger partial charge in [0, 0.05) is 42.8 Å². The van der Waals surface area contributed by atoms with E-state index in [4.69, 9.17) is 11.6 Å². The van der Waals surface area contributed by atoms with Gasteiger partial charge in [-0.25, -0.2) is 0 Å². The summed E-state index contributed by atoms with van der Waals surface area (Å²) in [6.45, 7) is 8.73. The molecule has 0 saturated heterocycles. The molecule has 0 aromatic heterocycles. The maximum atomic E-state index is 6.32. The van der Waals surface area contributed by atoms with Crippen LogP contribution in [0.1, 0.15) is 29.5 Å². The minimum atomic E-state index is 0.616. The molecule has 0 radical (unpaired) electrons. The highest BCUT2D eigenvalue weighted by atomic mass is 35.5. The Labute approximate surface area is 102 Å². The smallest absolute Gasteiger partial charge is 0.0452 e. The molecule has 0 aliphatic carbocycles. The van der Waals surface area contributed by atoms with E-state index in [0.29, 0.717) is 5.92 Å². The molecule has 0 fully saturated rings. The Morgan fingerprint density at radius 1 is 1.50 bits per heavy atom. The minimum Gasteiger partial charge on any atom is -0.369 e. The molecule has 3 heteroatoms. The van der Waals surface area contributed by atoms with Gasteiger partial charge in [-0.2, -0.15) is 0 Å². The van der Waals surface area contributed by atoms with Gasteiger partial charge in [0.15, 0.2) is 0 Å². The minimum absolute atomic E-state index is 0.616. The molecule has 1 N–H and O–H groups in total. The standard InChI is InChI=1S/C13H17ClN2/c1-8-7-16-4-3-15-6-10-5-11(14)9(2)12(8)13(10)16/h5,8,15H,3-4,6-7H2,1-2H3. The van der Waals surface area contributed by atoms with Crippen molar-refractivity contribution in [1.29, 1.82) is 0 Å². The van der Waals surface area contributed by atoms with Gasteiger partial charge >= 0.3 is 0 Å². The molecule has 1 unspecified atom stereocenters. The summed E-state index contributed by atoms with van der Waals surface area (Å²) in [6, 6.07) is 2.14. The van der Waals surface area contributed by atoms with E-state index in [2.05, 4.69) is 30.1 Å². The third-order valence-corrected chi connectivity index (χ3v) is 4.19. The van der Waals surface area contributed by atoms with Crippen molar-refractivity contribution >= 4 is 17.3 Å². The first kappa shape index (κ1) is 10.4. The lowest BCUT2D eigenvalue weighted by Gasteiger charge is -2.19. The van der Waals surface area contributed by atoms with Crippen molar-refractivity contribution in [3.63, 3.8) is 0 Å². The molecule has 0 saturated carbocycles. The Morgan fingerprint density at radius 2 is 2.31 bits per heavy atom. The molecule has 2 heterocycles. The lowest BCUT2D eigenvalue weighted by atomic mass is 9.95. The molecule has 2 aliphatic rings. The predicted molar refractivity (Wildman–Crippen MR) is 68.5 cm³/mol. The van der Waals surface area contributed by atoms with Crippen molar-refractivity contribution in [2.24, 2.45) is 0 Å². The summed E-state index contributed by atoms with van der Waals surface area (Å²) in [5.41, 5.74) is 5.58. The monoisotopic (exact) mass is 236 g/mol. The third-order valence-electron chi connectivity index (χ3n) is 3.80. The zero-order valence-electron chi connectivity index (χ0n) is 9.81. The number of benzene rings is 1. The van der Waals surface area contributed by atoms with Crippen LogP contribution in [0, 0.1) is 6.92 Å². The molecular weight excluding hydrogens is 220 g/mol. The molecular formula is C13H17ClN2. The van der Waals surface area contributed by atoms with E-state index in [9.17, 15) is 0 Å². The predicted octanol–water partition coefficient (Wildman–Crippen LogP) is 2.68. The Bertz CT molecular complexity index is 442. The first-order valence-corrected chi connectivity index (χ1v) is 6.34. The molecule has 2 nitrogen and oxygen atoms in total. The highest BCUT2D eigenvalue weighted by molar-refractivity contribution is 6.31. The van der Waals surface area contributed by atoms with E-state index in [1.807, 2.05) is 0 Å². The lowest BCUT2D eigenvalue weighted by molar-refractivity contribution is 0.673. The first-order valence-electron chi connectivity index (χ1n) is 5.96. The normalized spacial score (nSPS) is 23.2. The SMILES string of the molecule is Cc1c(Cl)cc2c3c1C(C)CN3CCNC2. The van der Waals surface area contributed by atoms with Crippen LogP contribution in [0.3, 0.4) is 0 Å². The highest BCUT2D eigenvalue weighted by Crippen LogP contribution is 2.43. The van der Waals surface area contributed by atoms with Gasteiger partial charge < -0.3 is 10.2 Å². The summed E-state index contributed by atoms with van der Waals surface area (Å²) in [6.07, 6.45) is 0. The number of nitrogens with zero attached hydrogens (tertiary/aromatic N) is 1. The van der Waals surface area contributed by atoms with Gasteiger partial charge in [-0.1, -0.05) is 18.5 Å². The summed E-state index contributed by atoms with van der Waals surface area (Å²) in [5, 5.41) is 4.38. The van der Waals surface area contributed by atoms with E-state index in [1.165, 1.54) is 22.4 Å². The topological polar surface area (TPSA) is 15.3 Å². The maximum Gasteiger partial charge on any atom is 0.0452 e. The lowest BCUT2D eigenvalue weighted by Crippen LogP contribution is -2.27. The largest absolute Gasteiger partial charge is 0.369 e. The summed E-state index contributed by atoms with van der Waals surface area (Å²) < 4.78 is 0. The molecule has 1 aromatic rings. The fourth-order valence-corrected chi connectivity index (χ4v) is 3.31. The van der Waals surface area contributed by atoms with Gasteiger partial charge in [0.05, 0.1) is 0 Å². The van der Waals surface area contributed by atoms with E-state index >= 15 is 0 Å². The van der Waals surface area contributed by atoms with Crippen LogP contribution in [0.4, 0.5) is 5.69 Å². The number of nitrogens with one attached hydrogen (secondary N) is 1. The molecule has 86 valence electrons. The van der Waals surface area contributed by atoms with Crippen LogP contribution in [0.2, 0.25) is 5.02 Å². The highest BCUT2D eigenvalue weighted by Gasteiger charge is 2.31. The molecule has 1 atom stereocenters.